The van der Waals surface area contributed by atoms with Crippen molar-refractivity contribution in [3.63, 3.8) is 0 Å². The van der Waals surface area contributed by atoms with Crippen LogP contribution in [0.2, 0.25) is 0 Å². The molecule has 0 radical (unpaired) electrons. The Labute approximate surface area is 162 Å². The van der Waals surface area contributed by atoms with Crippen LogP contribution in [0.3, 0.4) is 0 Å². The van der Waals surface area contributed by atoms with Crippen molar-refractivity contribution in [1.82, 2.24) is 14.8 Å². The van der Waals surface area contributed by atoms with Crippen LogP contribution in [-0.2, 0) is 12.8 Å². The minimum absolute atomic E-state index is 0.232. The molecule has 2 heterocycles. The third-order valence-corrected chi connectivity index (χ3v) is 5.80. The van der Waals surface area contributed by atoms with Crippen molar-refractivity contribution in [2.24, 2.45) is 0 Å². The molecule has 1 aromatic carbocycles. The van der Waals surface area contributed by atoms with E-state index in [2.05, 4.69) is 15.4 Å². The van der Waals surface area contributed by atoms with Crippen LogP contribution >= 0.6 is 11.3 Å². The van der Waals surface area contributed by atoms with Crippen LogP contribution in [0.25, 0.3) is 5.69 Å². The van der Waals surface area contributed by atoms with Crippen molar-refractivity contribution in [2.75, 3.05) is 12.4 Å². The third kappa shape index (κ3) is 4.03. The van der Waals surface area contributed by atoms with Crippen molar-refractivity contribution in [2.45, 2.75) is 38.5 Å². The number of thiazole rings is 1. The standard InChI is InChI=1S/C20H22N4O2S/c1-26-15-10-8-14(9-11-15)24-13-12-17(23-24)19(25)22-20-21-16-6-4-2-3-5-7-18(16)27-20/h8-13H,2-7H2,1H3,(H,21,22,25). The van der Waals surface area contributed by atoms with E-state index in [-0.39, 0.29) is 5.91 Å². The Balaban J connectivity index is 1.47. The first-order chi connectivity index (χ1) is 13.2. The SMILES string of the molecule is COc1ccc(-n2ccc(C(=O)Nc3nc4c(s3)CCCCCC4)n2)cc1. The van der Waals surface area contributed by atoms with Gasteiger partial charge in [0.15, 0.2) is 10.8 Å². The van der Waals surface area contributed by atoms with Gasteiger partial charge in [-0.15, -0.1) is 11.3 Å². The van der Waals surface area contributed by atoms with Crippen LogP contribution in [0, 0.1) is 0 Å². The molecule has 0 atom stereocenters. The molecule has 7 heteroatoms. The Hall–Kier alpha value is -2.67. The molecule has 0 spiro atoms. The highest BCUT2D eigenvalue weighted by Gasteiger charge is 2.17. The number of aromatic nitrogens is 3. The first kappa shape index (κ1) is 17.7. The van der Waals surface area contributed by atoms with Gasteiger partial charge in [-0.2, -0.15) is 5.10 Å². The molecule has 1 aliphatic carbocycles. The summed E-state index contributed by atoms with van der Waals surface area (Å²) in [5, 5.41) is 7.97. The second kappa shape index (κ2) is 7.92. The lowest BCUT2D eigenvalue weighted by Gasteiger charge is -2.06. The van der Waals surface area contributed by atoms with Gasteiger partial charge in [0.1, 0.15) is 5.75 Å². The predicted octanol–water partition coefficient (Wildman–Crippen LogP) is 4.25. The zero-order valence-electron chi connectivity index (χ0n) is 15.3. The summed E-state index contributed by atoms with van der Waals surface area (Å²) in [6.45, 7) is 0. The van der Waals surface area contributed by atoms with Gasteiger partial charge >= 0.3 is 0 Å². The first-order valence-corrected chi connectivity index (χ1v) is 10.0. The molecule has 1 N–H and O–H groups in total. The normalized spacial score (nSPS) is 14.1. The maximum absolute atomic E-state index is 12.6. The summed E-state index contributed by atoms with van der Waals surface area (Å²) in [5.74, 6) is 0.548. The van der Waals surface area contributed by atoms with Gasteiger partial charge in [0, 0.05) is 11.1 Å². The summed E-state index contributed by atoms with van der Waals surface area (Å²) in [6.07, 6.45) is 8.77. The van der Waals surface area contributed by atoms with Crippen molar-refractivity contribution < 1.29 is 9.53 Å². The van der Waals surface area contributed by atoms with Gasteiger partial charge in [-0.3, -0.25) is 10.1 Å². The maximum Gasteiger partial charge on any atom is 0.277 e. The molecule has 6 nitrogen and oxygen atoms in total. The van der Waals surface area contributed by atoms with Gasteiger partial charge in [0.2, 0.25) is 0 Å². The molecule has 140 valence electrons. The summed E-state index contributed by atoms with van der Waals surface area (Å²) in [7, 11) is 1.63. The van der Waals surface area contributed by atoms with Crippen LogP contribution in [-0.4, -0.2) is 27.8 Å². The van der Waals surface area contributed by atoms with E-state index in [1.165, 1.54) is 30.6 Å². The number of fused-ring (bicyclic) bond motifs is 1. The zero-order chi connectivity index (χ0) is 18.6. The number of aryl methyl sites for hydroxylation is 2. The summed E-state index contributed by atoms with van der Waals surface area (Å²) < 4.78 is 6.84. The average molecular weight is 382 g/mol. The van der Waals surface area contributed by atoms with Crippen molar-refractivity contribution in [3.05, 3.63) is 52.8 Å². The lowest BCUT2D eigenvalue weighted by atomic mass is 10.0. The van der Waals surface area contributed by atoms with Gasteiger partial charge in [-0.05, 0) is 56.0 Å². The van der Waals surface area contributed by atoms with E-state index in [1.807, 2.05) is 24.3 Å². The predicted molar refractivity (Wildman–Crippen MR) is 106 cm³/mol. The number of hydrogen-bond donors (Lipinski definition) is 1. The fraction of sp³-hybridized carbons (Fsp3) is 0.350. The molecule has 2 aromatic heterocycles. The summed E-state index contributed by atoms with van der Waals surface area (Å²) >= 11 is 1.60. The number of ether oxygens (including phenoxy) is 1. The van der Waals surface area contributed by atoms with E-state index < -0.39 is 0 Å². The second-order valence-electron chi connectivity index (χ2n) is 6.60. The quantitative estimate of drug-likeness (QED) is 0.732. The van der Waals surface area contributed by atoms with E-state index in [0.29, 0.717) is 10.8 Å². The zero-order valence-corrected chi connectivity index (χ0v) is 16.1. The minimum Gasteiger partial charge on any atom is -0.497 e. The molecule has 0 saturated heterocycles. The number of benzene rings is 1. The van der Waals surface area contributed by atoms with Gasteiger partial charge in [0.25, 0.3) is 5.91 Å². The topological polar surface area (TPSA) is 69.0 Å². The Morgan fingerprint density at radius 2 is 1.89 bits per heavy atom. The maximum atomic E-state index is 12.6. The molecule has 1 aliphatic rings. The van der Waals surface area contributed by atoms with Gasteiger partial charge in [-0.1, -0.05) is 12.8 Å². The average Bonchev–Trinajstić information content (AvgIpc) is 3.29. The lowest BCUT2D eigenvalue weighted by molar-refractivity contribution is 0.102. The number of carbonyl (C=O) groups excluding carboxylic acids is 1. The van der Waals surface area contributed by atoms with E-state index in [1.54, 1.807) is 35.4 Å². The van der Waals surface area contributed by atoms with Crippen molar-refractivity contribution >= 4 is 22.4 Å². The molecule has 0 fully saturated rings. The van der Waals surface area contributed by atoms with Crippen molar-refractivity contribution in [3.8, 4) is 11.4 Å². The van der Waals surface area contributed by atoms with E-state index >= 15 is 0 Å². The summed E-state index contributed by atoms with van der Waals surface area (Å²) in [5.41, 5.74) is 2.39. The van der Waals surface area contributed by atoms with Crippen LogP contribution < -0.4 is 10.1 Å². The second-order valence-corrected chi connectivity index (χ2v) is 7.68. The fourth-order valence-corrected chi connectivity index (χ4v) is 4.29. The monoisotopic (exact) mass is 382 g/mol. The van der Waals surface area contributed by atoms with Crippen LogP contribution in [0.15, 0.2) is 36.5 Å². The molecule has 0 bridgehead atoms. The third-order valence-electron chi connectivity index (χ3n) is 4.72. The largest absolute Gasteiger partial charge is 0.497 e. The molecule has 4 rings (SSSR count). The van der Waals surface area contributed by atoms with Crippen LogP contribution in [0.1, 0.15) is 46.7 Å². The molecule has 27 heavy (non-hydrogen) atoms. The minimum atomic E-state index is -0.232. The highest BCUT2D eigenvalue weighted by Crippen LogP contribution is 2.28. The Morgan fingerprint density at radius 3 is 2.67 bits per heavy atom. The smallest absolute Gasteiger partial charge is 0.277 e. The number of methoxy groups -OCH3 is 1. The van der Waals surface area contributed by atoms with Crippen LogP contribution in [0.5, 0.6) is 5.75 Å². The Morgan fingerprint density at radius 1 is 1.11 bits per heavy atom. The number of nitrogens with zero attached hydrogens (tertiary/aromatic N) is 3. The van der Waals surface area contributed by atoms with Gasteiger partial charge < -0.3 is 4.74 Å². The molecule has 0 saturated carbocycles. The van der Waals surface area contributed by atoms with Gasteiger partial charge in [0.05, 0.1) is 18.5 Å². The van der Waals surface area contributed by atoms with Gasteiger partial charge in [-0.25, -0.2) is 9.67 Å². The van der Waals surface area contributed by atoms with E-state index in [4.69, 9.17) is 4.74 Å². The number of hydrogen-bond acceptors (Lipinski definition) is 5. The van der Waals surface area contributed by atoms with E-state index in [0.717, 1.165) is 30.0 Å². The van der Waals surface area contributed by atoms with Crippen molar-refractivity contribution in [1.29, 1.82) is 0 Å². The summed E-state index contributed by atoms with van der Waals surface area (Å²) in [6, 6.07) is 9.23. The number of anilines is 1. The molecule has 1 amide bonds. The highest BCUT2D eigenvalue weighted by atomic mass is 32.1. The number of amides is 1. The van der Waals surface area contributed by atoms with Crippen LogP contribution in [0.4, 0.5) is 5.13 Å². The first-order valence-electron chi connectivity index (χ1n) is 9.23. The Bertz CT molecular complexity index is 904. The summed E-state index contributed by atoms with van der Waals surface area (Å²) in [4.78, 5) is 18.5. The lowest BCUT2D eigenvalue weighted by Crippen LogP contribution is -2.13. The molecular weight excluding hydrogens is 360 g/mol. The highest BCUT2D eigenvalue weighted by molar-refractivity contribution is 7.15. The molecule has 0 aliphatic heterocycles. The molecule has 3 aromatic rings. The number of carbonyl (C=O) groups is 1. The Kier molecular flexibility index (Phi) is 5.20. The molecule has 0 unspecified atom stereocenters. The fourth-order valence-electron chi connectivity index (χ4n) is 3.24. The molecular formula is C20H22N4O2S. The number of nitrogens with one attached hydrogen (secondary N) is 1. The number of rotatable bonds is 4. The van der Waals surface area contributed by atoms with E-state index in [9.17, 15) is 4.79 Å².